The van der Waals surface area contributed by atoms with Gasteiger partial charge in [-0.05, 0) is 64.5 Å². The minimum absolute atomic E-state index is 0.861. The SMILES string of the molecule is Cc1cc(C)cc(CCCOCCCc2cc(C)cc(C)c2)c1. The lowest BCUT2D eigenvalue weighted by Gasteiger charge is -2.07. The first-order valence-corrected chi connectivity index (χ1v) is 8.75. The van der Waals surface area contributed by atoms with E-state index in [-0.39, 0.29) is 0 Å². The van der Waals surface area contributed by atoms with Crippen LogP contribution >= 0.6 is 0 Å². The van der Waals surface area contributed by atoms with Crippen molar-refractivity contribution in [3.05, 3.63) is 69.8 Å². The molecule has 0 radical (unpaired) electrons. The molecule has 0 unspecified atom stereocenters. The van der Waals surface area contributed by atoms with Crippen LogP contribution in [0.15, 0.2) is 36.4 Å². The molecule has 0 aliphatic rings. The number of hydrogen-bond acceptors (Lipinski definition) is 1. The Bertz CT molecular complexity index is 532. The number of hydrogen-bond donors (Lipinski definition) is 0. The Morgan fingerprint density at radius 1 is 0.565 bits per heavy atom. The van der Waals surface area contributed by atoms with Gasteiger partial charge in [0.05, 0.1) is 0 Å². The predicted octanol–water partition coefficient (Wildman–Crippen LogP) is 5.50. The number of rotatable bonds is 8. The molecule has 0 N–H and O–H groups in total. The molecule has 1 heteroatoms. The highest BCUT2D eigenvalue weighted by molar-refractivity contribution is 5.29. The third-order valence-corrected chi connectivity index (χ3v) is 4.07. The maximum absolute atomic E-state index is 5.80. The molecular formula is C22H30O. The first-order chi connectivity index (χ1) is 11.0. The van der Waals surface area contributed by atoms with Crippen LogP contribution in [0.5, 0.6) is 0 Å². The van der Waals surface area contributed by atoms with E-state index in [0.29, 0.717) is 0 Å². The van der Waals surface area contributed by atoms with Crippen molar-refractivity contribution in [2.45, 2.75) is 53.4 Å². The molecule has 0 atom stereocenters. The second kappa shape index (κ2) is 8.88. The van der Waals surface area contributed by atoms with Gasteiger partial charge >= 0.3 is 0 Å². The Labute approximate surface area is 141 Å². The monoisotopic (exact) mass is 310 g/mol. The van der Waals surface area contributed by atoms with Crippen LogP contribution in [0.25, 0.3) is 0 Å². The summed E-state index contributed by atoms with van der Waals surface area (Å²) in [6.07, 6.45) is 4.43. The Balaban J connectivity index is 1.60. The summed E-state index contributed by atoms with van der Waals surface area (Å²) < 4.78 is 5.80. The molecule has 0 bridgehead atoms. The van der Waals surface area contributed by atoms with Crippen LogP contribution in [0.1, 0.15) is 46.2 Å². The number of aryl methyl sites for hydroxylation is 6. The minimum Gasteiger partial charge on any atom is -0.381 e. The lowest BCUT2D eigenvalue weighted by Crippen LogP contribution is -2.01. The topological polar surface area (TPSA) is 9.23 Å². The standard InChI is InChI=1S/C22H30O/c1-17-11-18(2)14-21(13-17)7-5-9-23-10-6-8-22-15-19(3)12-20(4)16-22/h11-16H,5-10H2,1-4H3. The number of benzene rings is 2. The first-order valence-electron chi connectivity index (χ1n) is 8.75. The Hall–Kier alpha value is -1.60. The highest BCUT2D eigenvalue weighted by atomic mass is 16.5. The normalized spacial score (nSPS) is 11.0. The Morgan fingerprint density at radius 3 is 1.26 bits per heavy atom. The van der Waals surface area contributed by atoms with E-state index in [9.17, 15) is 0 Å². The van der Waals surface area contributed by atoms with Crippen LogP contribution in [-0.2, 0) is 17.6 Å². The summed E-state index contributed by atoms with van der Waals surface area (Å²) in [5, 5.41) is 0. The zero-order valence-corrected chi connectivity index (χ0v) is 15.1. The average Bonchev–Trinajstić information content (AvgIpc) is 2.44. The molecule has 23 heavy (non-hydrogen) atoms. The quantitative estimate of drug-likeness (QED) is 0.585. The molecule has 2 aromatic rings. The van der Waals surface area contributed by atoms with Gasteiger partial charge in [-0.3, -0.25) is 0 Å². The zero-order valence-electron chi connectivity index (χ0n) is 15.1. The van der Waals surface area contributed by atoms with Crippen LogP contribution in [-0.4, -0.2) is 13.2 Å². The molecule has 1 nitrogen and oxygen atoms in total. The summed E-state index contributed by atoms with van der Waals surface area (Å²) in [7, 11) is 0. The van der Waals surface area contributed by atoms with Crippen LogP contribution in [0, 0.1) is 27.7 Å². The molecule has 0 spiro atoms. The smallest absolute Gasteiger partial charge is 0.0469 e. The molecule has 0 heterocycles. The van der Waals surface area contributed by atoms with Crippen molar-refractivity contribution in [2.75, 3.05) is 13.2 Å². The van der Waals surface area contributed by atoms with E-state index in [1.165, 1.54) is 33.4 Å². The average molecular weight is 310 g/mol. The van der Waals surface area contributed by atoms with Gasteiger partial charge < -0.3 is 4.74 Å². The Kier molecular flexibility index (Phi) is 6.85. The fourth-order valence-corrected chi connectivity index (χ4v) is 3.29. The predicted molar refractivity (Wildman–Crippen MR) is 99.3 cm³/mol. The van der Waals surface area contributed by atoms with Crippen LogP contribution in [0.4, 0.5) is 0 Å². The van der Waals surface area contributed by atoms with Crippen LogP contribution < -0.4 is 0 Å². The molecule has 0 amide bonds. The molecule has 2 rings (SSSR count). The summed E-state index contributed by atoms with van der Waals surface area (Å²) in [6, 6.07) is 13.6. The molecule has 0 aliphatic carbocycles. The van der Waals surface area contributed by atoms with E-state index in [1.54, 1.807) is 0 Å². The van der Waals surface area contributed by atoms with E-state index in [4.69, 9.17) is 4.74 Å². The third-order valence-electron chi connectivity index (χ3n) is 4.07. The molecular weight excluding hydrogens is 280 g/mol. The molecule has 124 valence electrons. The third kappa shape index (κ3) is 6.58. The summed E-state index contributed by atoms with van der Waals surface area (Å²) >= 11 is 0. The van der Waals surface area contributed by atoms with Crippen molar-refractivity contribution < 1.29 is 4.74 Å². The summed E-state index contributed by atoms with van der Waals surface area (Å²) in [6.45, 7) is 10.4. The highest BCUT2D eigenvalue weighted by Gasteiger charge is 1.99. The van der Waals surface area contributed by atoms with Crippen molar-refractivity contribution in [3.8, 4) is 0 Å². The maximum Gasteiger partial charge on any atom is 0.0469 e. The van der Waals surface area contributed by atoms with Crippen molar-refractivity contribution in [2.24, 2.45) is 0 Å². The van der Waals surface area contributed by atoms with E-state index >= 15 is 0 Å². The summed E-state index contributed by atoms with van der Waals surface area (Å²) in [4.78, 5) is 0. The van der Waals surface area contributed by atoms with Crippen LogP contribution in [0.2, 0.25) is 0 Å². The van der Waals surface area contributed by atoms with Crippen molar-refractivity contribution in [1.29, 1.82) is 0 Å². The van der Waals surface area contributed by atoms with E-state index in [2.05, 4.69) is 64.1 Å². The molecule has 0 saturated heterocycles. The fourth-order valence-electron chi connectivity index (χ4n) is 3.29. The van der Waals surface area contributed by atoms with Crippen molar-refractivity contribution >= 4 is 0 Å². The van der Waals surface area contributed by atoms with Gasteiger partial charge in [-0.2, -0.15) is 0 Å². The Morgan fingerprint density at radius 2 is 0.913 bits per heavy atom. The second-order valence-electron chi connectivity index (χ2n) is 6.81. The van der Waals surface area contributed by atoms with Gasteiger partial charge in [-0.25, -0.2) is 0 Å². The van der Waals surface area contributed by atoms with Gasteiger partial charge in [0.1, 0.15) is 0 Å². The van der Waals surface area contributed by atoms with Gasteiger partial charge in [0.25, 0.3) is 0 Å². The van der Waals surface area contributed by atoms with Gasteiger partial charge in [0.2, 0.25) is 0 Å². The van der Waals surface area contributed by atoms with Gasteiger partial charge in [0.15, 0.2) is 0 Å². The lowest BCUT2D eigenvalue weighted by molar-refractivity contribution is 0.130. The molecule has 2 aromatic carbocycles. The highest BCUT2D eigenvalue weighted by Crippen LogP contribution is 2.12. The minimum atomic E-state index is 0.861. The zero-order chi connectivity index (χ0) is 16.7. The van der Waals surface area contributed by atoms with Crippen molar-refractivity contribution in [3.63, 3.8) is 0 Å². The molecule has 0 saturated carbocycles. The largest absolute Gasteiger partial charge is 0.381 e. The summed E-state index contributed by atoms with van der Waals surface area (Å²) in [5.41, 5.74) is 8.29. The van der Waals surface area contributed by atoms with Gasteiger partial charge in [-0.15, -0.1) is 0 Å². The molecule has 0 fully saturated rings. The number of ether oxygens (including phenoxy) is 1. The molecule has 0 aliphatic heterocycles. The molecule has 0 aromatic heterocycles. The van der Waals surface area contributed by atoms with Crippen molar-refractivity contribution in [1.82, 2.24) is 0 Å². The maximum atomic E-state index is 5.80. The van der Waals surface area contributed by atoms with Gasteiger partial charge in [-0.1, -0.05) is 58.7 Å². The van der Waals surface area contributed by atoms with E-state index in [0.717, 1.165) is 38.9 Å². The van der Waals surface area contributed by atoms with E-state index < -0.39 is 0 Å². The van der Waals surface area contributed by atoms with E-state index in [1.807, 2.05) is 0 Å². The lowest BCUT2D eigenvalue weighted by atomic mass is 10.0. The van der Waals surface area contributed by atoms with Gasteiger partial charge in [0, 0.05) is 13.2 Å². The first kappa shape index (κ1) is 17.7. The second-order valence-corrected chi connectivity index (χ2v) is 6.81. The van der Waals surface area contributed by atoms with Crippen LogP contribution in [0.3, 0.4) is 0 Å². The summed E-state index contributed by atoms with van der Waals surface area (Å²) in [5.74, 6) is 0. The fraction of sp³-hybridized carbons (Fsp3) is 0.455.